The maximum atomic E-state index is 13.8. The van der Waals surface area contributed by atoms with Gasteiger partial charge in [-0.05, 0) is 67.1 Å². The molecule has 0 radical (unpaired) electrons. The van der Waals surface area contributed by atoms with E-state index in [1.165, 1.54) is 37.8 Å². The van der Waals surface area contributed by atoms with Crippen LogP contribution in [-0.2, 0) is 0 Å². The van der Waals surface area contributed by atoms with Gasteiger partial charge in [0.2, 0.25) is 0 Å². The van der Waals surface area contributed by atoms with E-state index in [0.29, 0.717) is 11.6 Å². The number of fused-ring (bicyclic) bond motifs is 2. The Labute approximate surface area is 210 Å². The van der Waals surface area contributed by atoms with Crippen molar-refractivity contribution in [2.24, 2.45) is 0 Å². The van der Waals surface area contributed by atoms with Crippen molar-refractivity contribution < 1.29 is 4.79 Å². The van der Waals surface area contributed by atoms with Crippen molar-refractivity contribution in [1.29, 1.82) is 0 Å². The molecule has 176 valence electrons. The van der Waals surface area contributed by atoms with Crippen LogP contribution in [0.1, 0.15) is 53.6 Å². The molecule has 2 aliphatic heterocycles. The summed E-state index contributed by atoms with van der Waals surface area (Å²) in [4.78, 5) is 16.4. The van der Waals surface area contributed by atoms with E-state index in [2.05, 4.69) is 35.2 Å². The van der Waals surface area contributed by atoms with Gasteiger partial charge in [0.1, 0.15) is 0 Å². The lowest BCUT2D eigenvalue weighted by atomic mass is 9.92. The van der Waals surface area contributed by atoms with Crippen molar-refractivity contribution in [3.63, 3.8) is 0 Å². The number of nitrogens with zero attached hydrogens (tertiary/aromatic N) is 1. The summed E-state index contributed by atoms with van der Waals surface area (Å²) in [7, 11) is 0. The van der Waals surface area contributed by atoms with E-state index in [0.717, 1.165) is 50.3 Å². The normalized spacial score (nSPS) is 18.6. The topological polar surface area (TPSA) is 46.3 Å². The molecule has 4 aromatic rings. The molecule has 3 aromatic carbocycles. The summed E-state index contributed by atoms with van der Waals surface area (Å²) in [5, 5.41) is 1.97. The maximum absolute atomic E-state index is 13.8. The Hall–Kier alpha value is -3.21. The highest BCUT2D eigenvalue weighted by atomic mass is 32.1. The van der Waals surface area contributed by atoms with Crippen LogP contribution in [0.2, 0.25) is 0 Å². The Bertz CT molecular complexity index is 1420. The second-order valence-electron chi connectivity index (χ2n) is 9.71. The van der Waals surface area contributed by atoms with Crippen LogP contribution >= 0.6 is 11.3 Å². The lowest BCUT2D eigenvalue weighted by molar-refractivity contribution is 0.103. The quantitative estimate of drug-likeness (QED) is 0.311. The minimum Gasteiger partial charge on any atom is -0.390 e. The van der Waals surface area contributed by atoms with Crippen molar-refractivity contribution >= 4 is 37.8 Å². The SMILES string of the molecule is Nc1sc2ccc(C(=O)c3ccccc3-c3ccccc3)cc2c1C1=CCN2CCCCC2CC1. The van der Waals surface area contributed by atoms with Crippen LogP contribution in [-0.4, -0.2) is 29.8 Å². The highest BCUT2D eigenvalue weighted by molar-refractivity contribution is 7.23. The number of thiophene rings is 1. The fourth-order valence-corrected chi connectivity index (χ4v) is 6.79. The second-order valence-corrected chi connectivity index (χ2v) is 10.8. The first-order chi connectivity index (χ1) is 17.2. The molecule has 3 nitrogen and oxygen atoms in total. The summed E-state index contributed by atoms with van der Waals surface area (Å²) < 4.78 is 1.15. The molecule has 3 heterocycles. The monoisotopic (exact) mass is 478 g/mol. The summed E-state index contributed by atoms with van der Waals surface area (Å²) >= 11 is 1.63. The van der Waals surface area contributed by atoms with E-state index in [9.17, 15) is 4.79 Å². The standard InChI is InChI=1S/C31H30N2OS/c32-31-29(22-13-15-24-10-6-7-18-33(24)19-17-22)27-20-23(14-16-28(27)35-31)30(34)26-12-5-4-11-25(26)21-8-2-1-3-9-21/h1-5,8-9,11-12,14,16-17,20,24H,6-7,10,13,15,18-19,32H2. The molecule has 0 amide bonds. The molecule has 1 fully saturated rings. The average molecular weight is 479 g/mol. The molecule has 1 unspecified atom stereocenters. The van der Waals surface area contributed by atoms with Gasteiger partial charge in [-0.25, -0.2) is 0 Å². The molecule has 1 atom stereocenters. The van der Waals surface area contributed by atoms with Crippen molar-refractivity contribution in [1.82, 2.24) is 4.90 Å². The number of allylic oxidation sites excluding steroid dienone is 1. The highest BCUT2D eigenvalue weighted by Gasteiger charge is 2.26. The van der Waals surface area contributed by atoms with Crippen molar-refractivity contribution in [2.45, 2.75) is 38.1 Å². The largest absolute Gasteiger partial charge is 0.390 e. The van der Waals surface area contributed by atoms with Gasteiger partial charge in [-0.1, -0.05) is 67.1 Å². The zero-order valence-electron chi connectivity index (χ0n) is 19.9. The van der Waals surface area contributed by atoms with Gasteiger partial charge >= 0.3 is 0 Å². The smallest absolute Gasteiger partial charge is 0.193 e. The fourth-order valence-electron chi connectivity index (χ4n) is 5.80. The number of carbonyl (C=O) groups is 1. The van der Waals surface area contributed by atoms with Gasteiger partial charge in [-0.2, -0.15) is 0 Å². The molecule has 0 bridgehead atoms. The van der Waals surface area contributed by atoms with E-state index in [1.54, 1.807) is 11.3 Å². The van der Waals surface area contributed by atoms with E-state index in [4.69, 9.17) is 5.73 Å². The van der Waals surface area contributed by atoms with Gasteiger partial charge in [0.15, 0.2) is 5.78 Å². The molecular weight excluding hydrogens is 448 g/mol. The molecule has 1 saturated heterocycles. The number of carbonyl (C=O) groups excluding carboxylic acids is 1. The number of hydrogen-bond acceptors (Lipinski definition) is 4. The third kappa shape index (κ3) is 4.22. The number of ketones is 1. The zero-order valence-corrected chi connectivity index (χ0v) is 20.7. The Morgan fingerprint density at radius 3 is 2.66 bits per heavy atom. The molecule has 2 aliphatic rings. The van der Waals surface area contributed by atoms with Crippen molar-refractivity contribution in [3.8, 4) is 11.1 Å². The first-order valence-electron chi connectivity index (χ1n) is 12.6. The minimum atomic E-state index is 0.0500. The van der Waals surface area contributed by atoms with Crippen molar-refractivity contribution in [2.75, 3.05) is 18.8 Å². The molecule has 6 rings (SSSR count). The van der Waals surface area contributed by atoms with Gasteiger partial charge in [0, 0.05) is 39.4 Å². The second kappa shape index (κ2) is 9.44. The molecule has 35 heavy (non-hydrogen) atoms. The molecule has 0 saturated carbocycles. The van der Waals surface area contributed by atoms with E-state index in [-0.39, 0.29) is 5.78 Å². The first kappa shape index (κ1) is 22.3. The predicted molar refractivity (Wildman–Crippen MR) is 148 cm³/mol. The van der Waals surface area contributed by atoms with Gasteiger partial charge in [-0.3, -0.25) is 9.69 Å². The van der Waals surface area contributed by atoms with Crippen molar-refractivity contribution in [3.05, 3.63) is 95.6 Å². The number of rotatable bonds is 4. The summed E-state index contributed by atoms with van der Waals surface area (Å²) in [5.74, 6) is 0.0500. The third-order valence-electron chi connectivity index (χ3n) is 7.62. The minimum absolute atomic E-state index is 0.0500. The van der Waals surface area contributed by atoms with Crippen LogP contribution in [0.15, 0.2) is 78.9 Å². The highest BCUT2D eigenvalue weighted by Crippen LogP contribution is 2.42. The molecule has 4 heteroatoms. The zero-order chi connectivity index (χ0) is 23.8. The third-order valence-corrected chi connectivity index (χ3v) is 8.62. The van der Waals surface area contributed by atoms with E-state index >= 15 is 0 Å². The first-order valence-corrected chi connectivity index (χ1v) is 13.5. The Kier molecular flexibility index (Phi) is 6.01. The lowest BCUT2D eigenvalue weighted by Gasteiger charge is -2.33. The molecule has 1 aromatic heterocycles. The van der Waals surface area contributed by atoms with Crippen LogP contribution in [0.4, 0.5) is 5.00 Å². The van der Waals surface area contributed by atoms with Gasteiger partial charge in [-0.15, -0.1) is 11.3 Å². The van der Waals surface area contributed by atoms with E-state index < -0.39 is 0 Å². The molecule has 0 spiro atoms. The van der Waals surface area contributed by atoms with E-state index in [1.807, 2.05) is 48.5 Å². The predicted octanol–water partition coefficient (Wildman–Crippen LogP) is 7.41. The number of nitrogen functional groups attached to an aromatic ring is 1. The summed E-state index contributed by atoms with van der Waals surface area (Å²) in [6.07, 6.45) is 8.58. The Morgan fingerprint density at radius 2 is 1.77 bits per heavy atom. The number of benzene rings is 3. The van der Waals surface area contributed by atoms with Crippen LogP contribution in [0.3, 0.4) is 0 Å². The maximum Gasteiger partial charge on any atom is 0.193 e. The summed E-state index contributed by atoms with van der Waals surface area (Å²) in [6, 6.07) is 24.8. The van der Waals surface area contributed by atoms with Gasteiger partial charge in [0.25, 0.3) is 0 Å². The van der Waals surface area contributed by atoms with Gasteiger partial charge in [0.05, 0.1) is 5.00 Å². The average Bonchev–Trinajstić information content (AvgIpc) is 3.09. The number of hydrogen-bond donors (Lipinski definition) is 1. The summed E-state index contributed by atoms with van der Waals surface area (Å²) in [5.41, 5.74) is 12.6. The lowest BCUT2D eigenvalue weighted by Crippen LogP contribution is -2.38. The molecular formula is C31H30N2OS. The Morgan fingerprint density at radius 1 is 0.943 bits per heavy atom. The fraction of sp³-hybridized carbons (Fsp3) is 0.258. The van der Waals surface area contributed by atoms with Crippen LogP contribution in [0, 0.1) is 0 Å². The van der Waals surface area contributed by atoms with Crippen LogP contribution in [0.25, 0.3) is 26.8 Å². The van der Waals surface area contributed by atoms with Crippen LogP contribution < -0.4 is 5.73 Å². The Balaban J connectivity index is 1.39. The summed E-state index contributed by atoms with van der Waals surface area (Å²) in [6.45, 7) is 2.20. The molecule has 0 aliphatic carbocycles. The number of anilines is 1. The van der Waals surface area contributed by atoms with Gasteiger partial charge < -0.3 is 5.73 Å². The van der Waals surface area contributed by atoms with Crippen LogP contribution in [0.5, 0.6) is 0 Å². The number of piperidine rings is 1. The molecule has 2 N–H and O–H groups in total. The number of nitrogens with two attached hydrogens (primary N) is 1.